The molecule has 1 aromatic rings. The number of likely N-dealkylation sites (N-methyl/N-ethyl adjacent to an activating group) is 1. The first kappa shape index (κ1) is 17.3. The van der Waals surface area contributed by atoms with Crippen LogP contribution in [-0.4, -0.2) is 55.0 Å². The normalized spacial score (nSPS) is 18.2. The lowest BCUT2D eigenvalue weighted by molar-refractivity contribution is -0.137. The molecule has 23 heavy (non-hydrogen) atoms. The quantitative estimate of drug-likeness (QED) is 0.754. The van der Waals surface area contributed by atoms with E-state index in [1.54, 1.807) is 24.1 Å². The Morgan fingerprint density at radius 2 is 2.17 bits per heavy atom. The molecule has 0 aliphatic carbocycles. The van der Waals surface area contributed by atoms with Crippen LogP contribution >= 0.6 is 0 Å². The standard InChI is InChI=1S/C18H23FN2O2/c1-3-11-21-12-5-4-6-17(21)18(22)20(2)13-14-23-16-9-7-15(19)8-10-16/h1,7-10,17H,4-6,11-14H2,2H3. The number of hydrogen-bond acceptors (Lipinski definition) is 3. The molecule has 0 N–H and O–H groups in total. The third kappa shape index (κ3) is 4.97. The van der Waals surface area contributed by atoms with Gasteiger partial charge in [0.1, 0.15) is 18.2 Å². The third-order valence-corrected chi connectivity index (χ3v) is 4.08. The van der Waals surface area contributed by atoms with Crippen molar-refractivity contribution in [1.29, 1.82) is 0 Å². The second-order valence-electron chi connectivity index (χ2n) is 5.75. The van der Waals surface area contributed by atoms with E-state index in [0.29, 0.717) is 25.4 Å². The van der Waals surface area contributed by atoms with Gasteiger partial charge in [0.05, 0.1) is 19.1 Å². The third-order valence-electron chi connectivity index (χ3n) is 4.08. The first-order valence-corrected chi connectivity index (χ1v) is 7.92. The number of benzene rings is 1. The highest BCUT2D eigenvalue weighted by Gasteiger charge is 2.29. The van der Waals surface area contributed by atoms with E-state index < -0.39 is 0 Å². The zero-order chi connectivity index (χ0) is 16.7. The second-order valence-corrected chi connectivity index (χ2v) is 5.75. The number of amides is 1. The van der Waals surface area contributed by atoms with Gasteiger partial charge in [-0.3, -0.25) is 9.69 Å². The summed E-state index contributed by atoms with van der Waals surface area (Å²) in [5.74, 6) is 3.02. The average Bonchev–Trinajstić information content (AvgIpc) is 2.57. The van der Waals surface area contributed by atoms with E-state index in [1.165, 1.54) is 12.1 Å². The van der Waals surface area contributed by atoms with Crippen LogP contribution in [0.25, 0.3) is 0 Å². The second kappa shape index (κ2) is 8.54. The van der Waals surface area contributed by atoms with Crippen molar-refractivity contribution in [2.45, 2.75) is 25.3 Å². The lowest BCUT2D eigenvalue weighted by Crippen LogP contribution is -2.50. The number of likely N-dealkylation sites (tertiary alicyclic amines) is 1. The fourth-order valence-corrected chi connectivity index (χ4v) is 2.77. The number of halogens is 1. The molecule has 1 saturated heterocycles. The van der Waals surface area contributed by atoms with Gasteiger partial charge in [-0.15, -0.1) is 6.42 Å². The van der Waals surface area contributed by atoms with E-state index in [0.717, 1.165) is 25.8 Å². The Hall–Kier alpha value is -2.06. The van der Waals surface area contributed by atoms with Gasteiger partial charge in [-0.2, -0.15) is 0 Å². The van der Waals surface area contributed by atoms with Gasteiger partial charge in [0.15, 0.2) is 0 Å². The minimum absolute atomic E-state index is 0.0858. The average molecular weight is 318 g/mol. The minimum atomic E-state index is -0.296. The van der Waals surface area contributed by atoms with Gasteiger partial charge in [-0.1, -0.05) is 12.3 Å². The van der Waals surface area contributed by atoms with Crippen molar-refractivity contribution in [3.63, 3.8) is 0 Å². The molecule has 124 valence electrons. The number of carbonyl (C=O) groups excluding carboxylic acids is 1. The summed E-state index contributed by atoms with van der Waals surface area (Å²) >= 11 is 0. The molecule has 0 bridgehead atoms. The lowest BCUT2D eigenvalue weighted by atomic mass is 10.0. The Morgan fingerprint density at radius 3 is 2.87 bits per heavy atom. The van der Waals surface area contributed by atoms with Crippen molar-refractivity contribution >= 4 is 5.91 Å². The van der Waals surface area contributed by atoms with E-state index in [2.05, 4.69) is 10.8 Å². The predicted molar refractivity (Wildman–Crippen MR) is 87.6 cm³/mol. The van der Waals surface area contributed by atoms with Gasteiger partial charge in [0, 0.05) is 7.05 Å². The molecule has 1 aromatic carbocycles. The van der Waals surface area contributed by atoms with Crippen molar-refractivity contribution in [3.05, 3.63) is 30.1 Å². The van der Waals surface area contributed by atoms with E-state index in [4.69, 9.17) is 11.2 Å². The highest BCUT2D eigenvalue weighted by atomic mass is 19.1. The highest BCUT2D eigenvalue weighted by Crippen LogP contribution is 2.18. The molecule has 1 atom stereocenters. The molecule has 0 spiro atoms. The van der Waals surface area contributed by atoms with Crippen LogP contribution in [0.1, 0.15) is 19.3 Å². The molecular weight excluding hydrogens is 295 g/mol. The minimum Gasteiger partial charge on any atom is -0.492 e. The summed E-state index contributed by atoms with van der Waals surface area (Å²) in [6.45, 7) is 2.24. The number of rotatable bonds is 6. The summed E-state index contributed by atoms with van der Waals surface area (Å²) in [5.41, 5.74) is 0. The summed E-state index contributed by atoms with van der Waals surface area (Å²) in [4.78, 5) is 16.3. The molecule has 4 nitrogen and oxygen atoms in total. The highest BCUT2D eigenvalue weighted by molar-refractivity contribution is 5.81. The molecule has 0 saturated carbocycles. The van der Waals surface area contributed by atoms with Gasteiger partial charge in [0.2, 0.25) is 5.91 Å². The van der Waals surface area contributed by atoms with Gasteiger partial charge >= 0.3 is 0 Å². The van der Waals surface area contributed by atoms with E-state index >= 15 is 0 Å². The van der Waals surface area contributed by atoms with Gasteiger partial charge in [0.25, 0.3) is 0 Å². The van der Waals surface area contributed by atoms with Crippen LogP contribution in [0, 0.1) is 18.2 Å². The lowest BCUT2D eigenvalue weighted by Gasteiger charge is -2.35. The molecule has 1 aliphatic rings. The topological polar surface area (TPSA) is 32.8 Å². The number of hydrogen-bond donors (Lipinski definition) is 0. The van der Waals surface area contributed by atoms with Crippen molar-refractivity contribution < 1.29 is 13.9 Å². The molecule has 0 radical (unpaired) electrons. The largest absolute Gasteiger partial charge is 0.492 e. The first-order valence-electron chi connectivity index (χ1n) is 7.92. The Labute approximate surface area is 137 Å². The van der Waals surface area contributed by atoms with Crippen LogP contribution in [0.2, 0.25) is 0 Å². The fourth-order valence-electron chi connectivity index (χ4n) is 2.77. The molecule has 1 unspecified atom stereocenters. The van der Waals surface area contributed by atoms with Crippen LogP contribution in [0.15, 0.2) is 24.3 Å². The molecule has 5 heteroatoms. The Bertz CT molecular complexity index is 553. The number of ether oxygens (including phenoxy) is 1. The summed E-state index contributed by atoms with van der Waals surface area (Å²) in [5, 5.41) is 0. The van der Waals surface area contributed by atoms with Gasteiger partial charge in [-0.25, -0.2) is 4.39 Å². The zero-order valence-electron chi connectivity index (χ0n) is 13.5. The smallest absolute Gasteiger partial charge is 0.239 e. The Balaban J connectivity index is 1.81. The van der Waals surface area contributed by atoms with Crippen molar-refractivity contribution in [2.75, 3.05) is 33.3 Å². The Kier molecular flexibility index (Phi) is 6.42. The number of nitrogens with zero attached hydrogens (tertiary/aromatic N) is 2. The number of carbonyl (C=O) groups is 1. The van der Waals surface area contributed by atoms with Crippen molar-refractivity contribution in [1.82, 2.24) is 9.80 Å². The maximum Gasteiger partial charge on any atom is 0.239 e. The van der Waals surface area contributed by atoms with Gasteiger partial charge < -0.3 is 9.64 Å². The van der Waals surface area contributed by atoms with Crippen molar-refractivity contribution in [2.24, 2.45) is 0 Å². The number of terminal acetylenes is 1. The maximum atomic E-state index is 12.8. The molecule has 0 aromatic heterocycles. The summed E-state index contributed by atoms with van der Waals surface area (Å²) in [7, 11) is 1.78. The monoisotopic (exact) mass is 318 g/mol. The SMILES string of the molecule is C#CCN1CCCCC1C(=O)N(C)CCOc1ccc(F)cc1. The van der Waals surface area contributed by atoms with Crippen LogP contribution in [0.4, 0.5) is 4.39 Å². The molecule has 1 aliphatic heterocycles. The Morgan fingerprint density at radius 1 is 1.43 bits per heavy atom. The zero-order valence-corrected chi connectivity index (χ0v) is 13.5. The molecule has 1 fully saturated rings. The van der Waals surface area contributed by atoms with Crippen molar-refractivity contribution in [3.8, 4) is 18.1 Å². The summed E-state index contributed by atoms with van der Waals surface area (Å²) < 4.78 is 18.4. The first-order chi connectivity index (χ1) is 11.1. The maximum absolute atomic E-state index is 12.8. The van der Waals surface area contributed by atoms with Crippen LogP contribution in [0.5, 0.6) is 5.75 Å². The molecule has 1 heterocycles. The molecule has 2 rings (SSSR count). The van der Waals surface area contributed by atoms with E-state index in [9.17, 15) is 9.18 Å². The molecule has 1 amide bonds. The summed E-state index contributed by atoms with van der Waals surface area (Å²) in [6, 6.07) is 5.73. The van der Waals surface area contributed by atoms with Gasteiger partial charge in [-0.05, 0) is 43.7 Å². The van der Waals surface area contributed by atoms with E-state index in [-0.39, 0.29) is 17.8 Å². The van der Waals surface area contributed by atoms with E-state index in [1.807, 2.05) is 0 Å². The number of piperidine rings is 1. The van der Waals surface area contributed by atoms with Crippen LogP contribution in [0.3, 0.4) is 0 Å². The predicted octanol–water partition coefficient (Wildman–Crippen LogP) is 2.15. The fraction of sp³-hybridized carbons (Fsp3) is 0.500. The molecular formula is C18H23FN2O2. The van der Waals surface area contributed by atoms with Crippen LogP contribution in [-0.2, 0) is 4.79 Å². The van der Waals surface area contributed by atoms with Crippen LogP contribution < -0.4 is 4.74 Å². The summed E-state index contributed by atoms with van der Waals surface area (Å²) in [6.07, 6.45) is 8.38.